The molecular formula is C15H14BrN3O2S3. The highest BCUT2D eigenvalue weighted by Crippen LogP contribution is 2.47. The Hall–Kier alpha value is -0.900. The average molecular weight is 444 g/mol. The Balaban J connectivity index is 1.49. The number of nitrogens with zero attached hydrogens (tertiary/aromatic N) is 2. The van der Waals surface area contributed by atoms with Gasteiger partial charge in [-0.1, -0.05) is 0 Å². The maximum Gasteiger partial charge on any atom is 0.249 e. The van der Waals surface area contributed by atoms with Crippen molar-refractivity contribution in [3.8, 4) is 10.6 Å². The van der Waals surface area contributed by atoms with Gasteiger partial charge in [0.15, 0.2) is 5.13 Å². The highest BCUT2D eigenvalue weighted by atomic mass is 79.9. The number of hydrogen-bond acceptors (Lipinski definition) is 6. The molecule has 0 bridgehead atoms. The van der Waals surface area contributed by atoms with Crippen LogP contribution in [0.1, 0.15) is 19.8 Å². The van der Waals surface area contributed by atoms with Crippen molar-refractivity contribution in [2.45, 2.75) is 30.7 Å². The standard InChI is InChI=1S/C15H14BrN3O2S3/c1-15-5-4-12(20)19(15)9(7-23-15)13(21)18-14-17-8(6-22-14)10-2-3-11(16)24-10/h2-3,6,9H,4-5,7H2,1H3,(H,17,18,21). The van der Waals surface area contributed by atoms with Crippen LogP contribution in [0, 0.1) is 0 Å². The molecule has 2 aromatic heterocycles. The first kappa shape index (κ1) is 16.6. The molecule has 4 heterocycles. The number of thiophene rings is 1. The topological polar surface area (TPSA) is 62.3 Å². The van der Waals surface area contributed by atoms with Gasteiger partial charge in [0.25, 0.3) is 0 Å². The zero-order valence-corrected chi connectivity index (χ0v) is 16.8. The van der Waals surface area contributed by atoms with Crippen molar-refractivity contribution in [1.82, 2.24) is 9.88 Å². The minimum absolute atomic E-state index is 0.0749. The second kappa shape index (κ2) is 6.12. The van der Waals surface area contributed by atoms with Crippen LogP contribution in [0.2, 0.25) is 0 Å². The predicted octanol–water partition coefficient (Wildman–Crippen LogP) is 4.03. The van der Waals surface area contributed by atoms with Gasteiger partial charge in [0.2, 0.25) is 11.8 Å². The number of thioether (sulfide) groups is 1. The molecule has 1 N–H and O–H groups in total. The summed E-state index contributed by atoms with van der Waals surface area (Å²) in [5.74, 6) is 0.574. The molecule has 5 nitrogen and oxygen atoms in total. The van der Waals surface area contributed by atoms with Gasteiger partial charge in [-0.3, -0.25) is 9.59 Å². The predicted molar refractivity (Wildman–Crippen MR) is 102 cm³/mol. The normalized spacial score (nSPS) is 26.0. The number of carbonyl (C=O) groups excluding carboxylic acids is 2. The van der Waals surface area contributed by atoms with Crippen molar-refractivity contribution in [3.05, 3.63) is 21.3 Å². The van der Waals surface area contributed by atoms with Gasteiger partial charge >= 0.3 is 0 Å². The molecule has 0 aliphatic carbocycles. The second-order valence-corrected chi connectivity index (χ2v) is 10.7. The summed E-state index contributed by atoms with van der Waals surface area (Å²) in [5, 5.41) is 5.39. The molecule has 2 saturated heterocycles. The van der Waals surface area contributed by atoms with Crippen LogP contribution in [0.4, 0.5) is 5.13 Å². The zero-order valence-electron chi connectivity index (χ0n) is 12.7. The van der Waals surface area contributed by atoms with Gasteiger partial charge in [0.1, 0.15) is 6.04 Å². The van der Waals surface area contributed by atoms with Crippen molar-refractivity contribution in [1.29, 1.82) is 0 Å². The Labute approximate surface area is 160 Å². The Morgan fingerprint density at radius 2 is 2.33 bits per heavy atom. The number of thiazole rings is 1. The summed E-state index contributed by atoms with van der Waals surface area (Å²) in [7, 11) is 0. The van der Waals surface area contributed by atoms with Crippen LogP contribution in [0.5, 0.6) is 0 Å². The van der Waals surface area contributed by atoms with Gasteiger partial charge < -0.3 is 10.2 Å². The highest BCUT2D eigenvalue weighted by molar-refractivity contribution is 9.11. The fraction of sp³-hybridized carbons (Fsp3) is 0.400. The summed E-state index contributed by atoms with van der Waals surface area (Å²) >= 11 is 8.14. The van der Waals surface area contributed by atoms with Crippen LogP contribution in [-0.2, 0) is 9.59 Å². The first-order chi connectivity index (χ1) is 11.5. The molecule has 4 rings (SSSR count). The van der Waals surface area contributed by atoms with E-state index in [-0.39, 0.29) is 16.7 Å². The van der Waals surface area contributed by atoms with Crippen LogP contribution in [0.15, 0.2) is 21.3 Å². The molecule has 0 saturated carbocycles. The quantitative estimate of drug-likeness (QED) is 0.777. The summed E-state index contributed by atoms with van der Waals surface area (Å²) in [6, 6.07) is 3.57. The Morgan fingerprint density at radius 3 is 3.08 bits per heavy atom. The molecule has 126 valence electrons. The number of fused-ring (bicyclic) bond motifs is 1. The molecule has 24 heavy (non-hydrogen) atoms. The lowest BCUT2D eigenvalue weighted by Gasteiger charge is -2.29. The number of hydrogen-bond donors (Lipinski definition) is 1. The summed E-state index contributed by atoms with van der Waals surface area (Å²) in [5.41, 5.74) is 0.855. The summed E-state index contributed by atoms with van der Waals surface area (Å²) in [6.07, 6.45) is 1.34. The number of rotatable bonds is 3. The average Bonchev–Trinajstić information content (AvgIpc) is 3.27. The number of anilines is 1. The van der Waals surface area contributed by atoms with Crippen LogP contribution in [0.3, 0.4) is 0 Å². The maximum atomic E-state index is 12.6. The third kappa shape index (κ3) is 2.81. The van der Waals surface area contributed by atoms with Gasteiger partial charge in [0, 0.05) is 17.6 Å². The fourth-order valence-corrected chi connectivity index (χ4v) is 6.67. The first-order valence-corrected chi connectivity index (χ1v) is 10.9. The second-order valence-electron chi connectivity index (χ2n) is 5.90. The highest BCUT2D eigenvalue weighted by Gasteiger charge is 2.52. The molecule has 2 atom stereocenters. The molecule has 2 aliphatic heterocycles. The maximum absolute atomic E-state index is 12.6. The first-order valence-electron chi connectivity index (χ1n) is 7.44. The minimum atomic E-state index is -0.404. The van der Waals surface area contributed by atoms with Crippen molar-refractivity contribution in [2.75, 3.05) is 11.1 Å². The summed E-state index contributed by atoms with van der Waals surface area (Å²) in [4.78, 5) is 31.9. The Kier molecular flexibility index (Phi) is 4.22. The van der Waals surface area contributed by atoms with E-state index in [2.05, 4.69) is 26.2 Å². The molecule has 0 spiro atoms. The number of amides is 2. The number of carbonyl (C=O) groups is 2. The van der Waals surface area contributed by atoms with Crippen molar-refractivity contribution < 1.29 is 9.59 Å². The third-order valence-corrected chi connectivity index (χ3v) is 8.22. The van der Waals surface area contributed by atoms with E-state index in [1.807, 2.05) is 24.4 Å². The molecule has 9 heteroatoms. The van der Waals surface area contributed by atoms with Crippen molar-refractivity contribution in [3.63, 3.8) is 0 Å². The smallest absolute Gasteiger partial charge is 0.249 e. The van der Waals surface area contributed by atoms with Crippen LogP contribution < -0.4 is 5.32 Å². The third-order valence-electron chi connectivity index (χ3n) is 4.31. The molecule has 2 amide bonds. The largest absolute Gasteiger partial charge is 0.315 e. The lowest BCUT2D eigenvalue weighted by molar-refractivity contribution is -0.135. The fourth-order valence-electron chi connectivity index (χ4n) is 3.10. The SMILES string of the molecule is CC12CCC(=O)N1C(C(=O)Nc1nc(-c3ccc(Br)s3)cs1)CS2. The molecule has 2 unspecified atom stereocenters. The van der Waals surface area contributed by atoms with Gasteiger partial charge in [-0.25, -0.2) is 4.98 Å². The zero-order chi connectivity index (χ0) is 16.9. The Morgan fingerprint density at radius 1 is 1.50 bits per heavy atom. The van der Waals surface area contributed by atoms with E-state index in [0.717, 1.165) is 20.8 Å². The number of nitrogens with one attached hydrogen (secondary N) is 1. The molecule has 0 aromatic carbocycles. The van der Waals surface area contributed by atoms with E-state index < -0.39 is 6.04 Å². The van der Waals surface area contributed by atoms with E-state index >= 15 is 0 Å². The van der Waals surface area contributed by atoms with Gasteiger partial charge in [-0.05, 0) is 41.4 Å². The van der Waals surface area contributed by atoms with Gasteiger partial charge in [0.05, 0.1) is 19.2 Å². The molecule has 2 fully saturated rings. The molecule has 0 radical (unpaired) electrons. The lowest BCUT2D eigenvalue weighted by atomic mass is 10.2. The molecule has 2 aliphatic rings. The van der Waals surface area contributed by atoms with Gasteiger partial charge in [-0.15, -0.1) is 34.4 Å². The minimum Gasteiger partial charge on any atom is -0.315 e. The lowest BCUT2D eigenvalue weighted by Crippen LogP contribution is -2.48. The summed E-state index contributed by atoms with van der Waals surface area (Å²) in [6.45, 7) is 2.05. The van der Waals surface area contributed by atoms with Crippen LogP contribution >= 0.6 is 50.4 Å². The van der Waals surface area contributed by atoms with Crippen molar-refractivity contribution in [2.24, 2.45) is 0 Å². The van der Waals surface area contributed by atoms with E-state index in [9.17, 15) is 9.59 Å². The molecule has 2 aromatic rings. The Bertz CT molecular complexity index is 821. The molecular weight excluding hydrogens is 430 g/mol. The number of aromatic nitrogens is 1. The van der Waals surface area contributed by atoms with E-state index in [1.165, 1.54) is 11.3 Å². The van der Waals surface area contributed by atoms with E-state index in [1.54, 1.807) is 28.0 Å². The van der Waals surface area contributed by atoms with E-state index in [0.29, 0.717) is 17.3 Å². The van der Waals surface area contributed by atoms with Crippen molar-refractivity contribution >= 4 is 67.3 Å². The van der Waals surface area contributed by atoms with E-state index in [4.69, 9.17) is 0 Å². The van der Waals surface area contributed by atoms with Gasteiger partial charge in [-0.2, -0.15) is 0 Å². The summed E-state index contributed by atoms with van der Waals surface area (Å²) < 4.78 is 1.05. The van der Waals surface area contributed by atoms with Crippen LogP contribution in [-0.4, -0.2) is 38.4 Å². The van der Waals surface area contributed by atoms with Crippen LogP contribution in [0.25, 0.3) is 10.6 Å². The monoisotopic (exact) mass is 443 g/mol. The number of halogens is 1.